The Hall–Kier alpha value is -2.66. The first kappa shape index (κ1) is 25.3. The maximum Gasteiger partial charge on any atom is 0.265 e. The van der Waals surface area contributed by atoms with Gasteiger partial charge in [-0.05, 0) is 31.6 Å². The van der Waals surface area contributed by atoms with Gasteiger partial charge in [0.1, 0.15) is 9.88 Å². The topological polar surface area (TPSA) is 105 Å². The number of carbonyl (C=O) groups is 2. The van der Waals surface area contributed by atoms with Crippen molar-refractivity contribution in [3.63, 3.8) is 0 Å². The molecular weight excluding hydrogens is 532 g/mol. The molecule has 206 valence electrons. The normalized spacial score (nSPS) is 26.2. The van der Waals surface area contributed by atoms with Crippen molar-refractivity contribution in [2.24, 2.45) is 16.7 Å². The summed E-state index contributed by atoms with van der Waals surface area (Å²) < 4.78 is 5.82. The van der Waals surface area contributed by atoms with Crippen LogP contribution in [0.1, 0.15) is 103 Å². The van der Waals surface area contributed by atoms with Gasteiger partial charge in [-0.3, -0.25) is 14.6 Å². The summed E-state index contributed by atoms with van der Waals surface area (Å²) in [6.45, 7) is 8.69. The number of hydrogen-bond acceptors (Lipinski definition) is 9. The van der Waals surface area contributed by atoms with Crippen LogP contribution < -0.4 is 0 Å². The number of thiazole rings is 2. The van der Waals surface area contributed by atoms with Crippen molar-refractivity contribution in [3.8, 4) is 0 Å². The third-order valence-electron chi connectivity index (χ3n) is 9.54. The fourth-order valence-corrected chi connectivity index (χ4v) is 8.37. The number of carbonyl (C=O) groups excluding carboxylic acids is 2. The SMILES string of the molecule is CC(c1nc(C2CN(C(=O)c3cncs3)CC23CN(C(=O)[C@H]2CC2(C)C)C3)no1)c1nc(C2CCCC2)cs1. The molecule has 2 unspecified atom stereocenters. The minimum absolute atomic E-state index is 0.0215. The second kappa shape index (κ2) is 9.19. The van der Waals surface area contributed by atoms with Gasteiger partial charge in [0.2, 0.25) is 11.8 Å². The molecule has 2 saturated carbocycles. The third kappa shape index (κ3) is 4.32. The van der Waals surface area contributed by atoms with Crippen LogP contribution in [0.25, 0.3) is 0 Å². The Labute approximate surface area is 236 Å². The first-order valence-corrected chi connectivity index (χ1v) is 15.8. The number of likely N-dealkylation sites (tertiary alicyclic amines) is 2. The molecule has 7 rings (SSSR count). The second-order valence-electron chi connectivity index (χ2n) is 12.7. The lowest BCUT2D eigenvalue weighted by Gasteiger charge is -2.50. The van der Waals surface area contributed by atoms with E-state index < -0.39 is 0 Å². The number of rotatable bonds is 6. The van der Waals surface area contributed by atoms with Gasteiger partial charge in [0, 0.05) is 48.8 Å². The maximum atomic E-state index is 13.3. The Bertz CT molecular complexity index is 1390. The molecule has 2 saturated heterocycles. The smallest absolute Gasteiger partial charge is 0.265 e. The summed E-state index contributed by atoms with van der Waals surface area (Å²) in [7, 11) is 0. The Morgan fingerprint density at radius 3 is 2.54 bits per heavy atom. The molecule has 3 aromatic heterocycles. The molecule has 0 bridgehead atoms. The lowest BCUT2D eigenvalue weighted by Crippen LogP contribution is -2.62. The summed E-state index contributed by atoms with van der Waals surface area (Å²) in [6.07, 6.45) is 7.59. The summed E-state index contributed by atoms with van der Waals surface area (Å²) >= 11 is 3.02. The van der Waals surface area contributed by atoms with Gasteiger partial charge in [-0.2, -0.15) is 4.98 Å². The fraction of sp³-hybridized carbons (Fsp3) is 0.643. The van der Waals surface area contributed by atoms with Crippen LogP contribution in [0.5, 0.6) is 0 Å². The number of amides is 2. The minimum Gasteiger partial charge on any atom is -0.341 e. The first-order chi connectivity index (χ1) is 18.7. The van der Waals surface area contributed by atoms with Crippen molar-refractivity contribution < 1.29 is 14.1 Å². The van der Waals surface area contributed by atoms with Crippen molar-refractivity contribution in [1.82, 2.24) is 29.9 Å². The van der Waals surface area contributed by atoms with Gasteiger partial charge in [0.15, 0.2) is 5.82 Å². The molecule has 11 heteroatoms. The van der Waals surface area contributed by atoms with Gasteiger partial charge in [-0.1, -0.05) is 31.8 Å². The fourth-order valence-electron chi connectivity index (χ4n) is 6.83. The van der Waals surface area contributed by atoms with Crippen LogP contribution in [0.3, 0.4) is 0 Å². The van der Waals surface area contributed by atoms with Crippen LogP contribution in [0, 0.1) is 16.7 Å². The van der Waals surface area contributed by atoms with Gasteiger partial charge in [0.25, 0.3) is 5.91 Å². The molecule has 2 amide bonds. The van der Waals surface area contributed by atoms with E-state index in [0.29, 0.717) is 48.7 Å². The van der Waals surface area contributed by atoms with E-state index in [1.165, 1.54) is 42.7 Å². The molecule has 4 fully saturated rings. The Kier molecular flexibility index (Phi) is 5.97. The van der Waals surface area contributed by atoms with Gasteiger partial charge in [-0.15, -0.1) is 22.7 Å². The van der Waals surface area contributed by atoms with Crippen LogP contribution in [-0.4, -0.2) is 67.9 Å². The first-order valence-electron chi connectivity index (χ1n) is 14.0. The highest BCUT2D eigenvalue weighted by molar-refractivity contribution is 7.11. The molecule has 0 radical (unpaired) electrons. The predicted octanol–water partition coefficient (Wildman–Crippen LogP) is 4.91. The van der Waals surface area contributed by atoms with E-state index in [2.05, 4.69) is 36.3 Å². The summed E-state index contributed by atoms with van der Waals surface area (Å²) in [5, 5.41) is 7.63. The van der Waals surface area contributed by atoms with Gasteiger partial charge in [0.05, 0.1) is 29.2 Å². The molecule has 3 aromatic rings. The highest BCUT2D eigenvalue weighted by atomic mass is 32.1. The minimum atomic E-state index is -0.268. The molecule has 3 atom stereocenters. The monoisotopic (exact) mass is 566 g/mol. The lowest BCUT2D eigenvalue weighted by molar-refractivity contribution is -0.145. The van der Waals surface area contributed by atoms with Crippen molar-refractivity contribution in [2.75, 3.05) is 26.2 Å². The molecule has 5 heterocycles. The standard InChI is InChI=1S/C28H34N6O3S2/c1-16(24-30-20(11-38-24)17-6-4-5-7-17)23-31-22(32-37-23)19-10-33(26(36)21-9-29-15-39-21)12-28(19)13-34(14-28)25(35)18-8-27(18,2)3/h9,11,15-19H,4-8,10,12-14H2,1-3H3/t16?,18-,19?/m1/s1. The average molecular weight is 567 g/mol. The Morgan fingerprint density at radius 1 is 1.10 bits per heavy atom. The van der Waals surface area contributed by atoms with Gasteiger partial charge < -0.3 is 14.3 Å². The second-order valence-corrected chi connectivity index (χ2v) is 14.5. The molecule has 0 N–H and O–H groups in total. The lowest BCUT2D eigenvalue weighted by atomic mass is 9.71. The predicted molar refractivity (Wildman–Crippen MR) is 147 cm³/mol. The van der Waals surface area contributed by atoms with Crippen molar-refractivity contribution in [1.29, 1.82) is 0 Å². The third-order valence-corrected chi connectivity index (χ3v) is 11.3. The zero-order valence-electron chi connectivity index (χ0n) is 22.6. The molecule has 2 aliphatic heterocycles. The Balaban J connectivity index is 1.12. The largest absolute Gasteiger partial charge is 0.341 e. The van der Waals surface area contributed by atoms with Gasteiger partial charge >= 0.3 is 0 Å². The summed E-state index contributed by atoms with van der Waals surface area (Å²) in [5.74, 6) is 1.90. The number of aromatic nitrogens is 4. The van der Waals surface area contributed by atoms with Crippen LogP contribution >= 0.6 is 22.7 Å². The Morgan fingerprint density at radius 2 is 1.85 bits per heavy atom. The molecular formula is C28H34N6O3S2. The summed E-state index contributed by atoms with van der Waals surface area (Å²) in [5.41, 5.74) is 2.70. The zero-order chi connectivity index (χ0) is 26.9. The quantitative estimate of drug-likeness (QED) is 0.418. The molecule has 1 spiro atoms. The van der Waals surface area contributed by atoms with E-state index >= 15 is 0 Å². The zero-order valence-corrected chi connectivity index (χ0v) is 24.3. The van der Waals surface area contributed by atoms with Gasteiger partial charge in [-0.25, -0.2) is 4.98 Å². The van der Waals surface area contributed by atoms with Crippen molar-refractivity contribution in [2.45, 2.75) is 70.6 Å². The van der Waals surface area contributed by atoms with E-state index in [-0.39, 0.29) is 40.4 Å². The van der Waals surface area contributed by atoms with Crippen LogP contribution in [0.2, 0.25) is 0 Å². The van der Waals surface area contributed by atoms with Crippen LogP contribution in [-0.2, 0) is 4.79 Å². The molecule has 2 aliphatic carbocycles. The summed E-state index contributed by atoms with van der Waals surface area (Å²) in [6, 6.07) is 0. The van der Waals surface area contributed by atoms with E-state index in [4.69, 9.17) is 14.5 Å². The highest BCUT2D eigenvalue weighted by Crippen LogP contribution is 2.55. The molecule has 4 aliphatic rings. The molecule has 39 heavy (non-hydrogen) atoms. The van der Waals surface area contributed by atoms with E-state index in [9.17, 15) is 9.59 Å². The number of nitrogens with zero attached hydrogens (tertiary/aromatic N) is 6. The van der Waals surface area contributed by atoms with E-state index in [0.717, 1.165) is 11.4 Å². The molecule has 9 nitrogen and oxygen atoms in total. The van der Waals surface area contributed by atoms with Crippen LogP contribution in [0.4, 0.5) is 0 Å². The summed E-state index contributed by atoms with van der Waals surface area (Å²) in [4.78, 5) is 44.8. The highest BCUT2D eigenvalue weighted by Gasteiger charge is 2.61. The molecule has 0 aromatic carbocycles. The van der Waals surface area contributed by atoms with Crippen molar-refractivity contribution >= 4 is 34.5 Å². The average Bonchev–Trinajstić information content (AvgIpc) is 3.63. The number of hydrogen-bond donors (Lipinski definition) is 0. The van der Waals surface area contributed by atoms with E-state index in [1.807, 2.05) is 9.80 Å². The van der Waals surface area contributed by atoms with Crippen molar-refractivity contribution in [3.05, 3.63) is 44.4 Å². The van der Waals surface area contributed by atoms with E-state index in [1.54, 1.807) is 23.0 Å². The maximum absolute atomic E-state index is 13.3. The van der Waals surface area contributed by atoms with Crippen LogP contribution in [0.15, 0.2) is 21.6 Å².